The molecule has 0 aromatic heterocycles. The number of nitrogens with two attached hydrogens (primary N) is 1. The van der Waals surface area contributed by atoms with Crippen LogP contribution in [0.25, 0.3) is 0 Å². The summed E-state index contributed by atoms with van der Waals surface area (Å²) in [6.07, 6.45) is 7.99. The maximum atomic E-state index is 5.80. The van der Waals surface area contributed by atoms with Crippen LogP contribution in [0.5, 0.6) is 0 Å². The van der Waals surface area contributed by atoms with Crippen molar-refractivity contribution in [1.82, 2.24) is 10.3 Å². The molecule has 94 valence electrons. The largest absolute Gasteiger partial charge is 0.296 e. The van der Waals surface area contributed by atoms with Crippen molar-refractivity contribution in [3.05, 3.63) is 0 Å². The van der Waals surface area contributed by atoms with Crippen LogP contribution in [0.4, 0.5) is 0 Å². The zero-order valence-corrected chi connectivity index (χ0v) is 10.8. The molecule has 2 atom stereocenters. The Hall–Kier alpha value is -0.120. The van der Waals surface area contributed by atoms with Gasteiger partial charge in [-0.15, -0.1) is 0 Å². The van der Waals surface area contributed by atoms with Crippen LogP contribution in [-0.2, 0) is 0 Å². The Morgan fingerprint density at radius 2 is 2.00 bits per heavy atom. The highest BCUT2D eigenvalue weighted by molar-refractivity contribution is 4.99. The van der Waals surface area contributed by atoms with Crippen molar-refractivity contribution in [3.8, 4) is 0 Å². The monoisotopic (exact) mass is 225 g/mol. The third-order valence-corrected chi connectivity index (χ3v) is 4.76. The normalized spacial score (nSPS) is 27.9. The summed E-state index contributed by atoms with van der Waals surface area (Å²) in [7, 11) is 0. The standard InChI is InChI=1S/C13H27N3/c1-3-13(2,16-8-4-5-9-16)12(15-14)10-11-6-7-11/h11-12,15H,3-10,14H2,1-2H3. The molecule has 2 fully saturated rings. The summed E-state index contributed by atoms with van der Waals surface area (Å²) >= 11 is 0. The van der Waals surface area contributed by atoms with Crippen LogP contribution in [-0.4, -0.2) is 29.6 Å². The SMILES string of the molecule is CCC(C)(C(CC1CC1)NN)N1CCCC1. The Kier molecular flexibility index (Phi) is 3.88. The van der Waals surface area contributed by atoms with E-state index in [9.17, 15) is 0 Å². The van der Waals surface area contributed by atoms with Crippen molar-refractivity contribution < 1.29 is 0 Å². The third-order valence-electron chi connectivity index (χ3n) is 4.76. The maximum absolute atomic E-state index is 5.80. The van der Waals surface area contributed by atoms with Crippen LogP contribution in [0.1, 0.15) is 52.4 Å². The number of likely N-dealkylation sites (tertiary alicyclic amines) is 1. The van der Waals surface area contributed by atoms with Gasteiger partial charge in [0, 0.05) is 11.6 Å². The maximum Gasteiger partial charge on any atom is 0.0394 e. The topological polar surface area (TPSA) is 41.3 Å². The first-order valence-electron chi connectivity index (χ1n) is 6.92. The molecule has 2 rings (SSSR count). The van der Waals surface area contributed by atoms with Crippen molar-refractivity contribution in [2.24, 2.45) is 11.8 Å². The quantitative estimate of drug-likeness (QED) is 0.536. The van der Waals surface area contributed by atoms with E-state index in [0.29, 0.717) is 6.04 Å². The van der Waals surface area contributed by atoms with E-state index in [-0.39, 0.29) is 5.54 Å². The minimum absolute atomic E-state index is 0.258. The molecule has 0 aromatic rings. The number of rotatable bonds is 6. The van der Waals surface area contributed by atoms with E-state index < -0.39 is 0 Å². The molecule has 0 aromatic carbocycles. The van der Waals surface area contributed by atoms with Gasteiger partial charge in [-0.25, -0.2) is 0 Å². The summed E-state index contributed by atoms with van der Waals surface area (Å²) in [5.41, 5.74) is 3.36. The molecule has 1 saturated carbocycles. The highest BCUT2D eigenvalue weighted by Gasteiger charge is 2.41. The lowest BCUT2D eigenvalue weighted by molar-refractivity contribution is 0.0779. The first-order valence-corrected chi connectivity index (χ1v) is 6.92. The van der Waals surface area contributed by atoms with Crippen LogP contribution in [0.15, 0.2) is 0 Å². The van der Waals surface area contributed by atoms with Crippen LogP contribution >= 0.6 is 0 Å². The number of hydrogen-bond donors (Lipinski definition) is 2. The molecule has 0 bridgehead atoms. The summed E-state index contributed by atoms with van der Waals surface area (Å²) in [5, 5.41) is 0. The molecule has 3 N–H and O–H groups in total. The van der Waals surface area contributed by atoms with Crippen molar-refractivity contribution in [2.45, 2.75) is 64.0 Å². The minimum Gasteiger partial charge on any atom is -0.296 e. The fraction of sp³-hybridized carbons (Fsp3) is 1.00. The van der Waals surface area contributed by atoms with Gasteiger partial charge in [-0.05, 0) is 51.6 Å². The highest BCUT2D eigenvalue weighted by Crippen LogP contribution is 2.38. The Balaban J connectivity index is 2.02. The molecule has 3 heteroatoms. The van der Waals surface area contributed by atoms with Gasteiger partial charge in [-0.1, -0.05) is 19.8 Å². The lowest BCUT2D eigenvalue weighted by atomic mass is 9.84. The van der Waals surface area contributed by atoms with Gasteiger partial charge in [0.2, 0.25) is 0 Å². The minimum atomic E-state index is 0.258. The van der Waals surface area contributed by atoms with E-state index in [1.165, 1.54) is 51.6 Å². The summed E-state index contributed by atoms with van der Waals surface area (Å²) < 4.78 is 0. The summed E-state index contributed by atoms with van der Waals surface area (Å²) in [6.45, 7) is 7.21. The van der Waals surface area contributed by atoms with Crippen LogP contribution in [0.3, 0.4) is 0 Å². The molecule has 0 amide bonds. The van der Waals surface area contributed by atoms with E-state index in [1.54, 1.807) is 0 Å². The molecule has 1 saturated heterocycles. The van der Waals surface area contributed by atoms with Gasteiger partial charge in [0.25, 0.3) is 0 Å². The summed E-state index contributed by atoms with van der Waals surface area (Å²) in [6, 6.07) is 0.461. The smallest absolute Gasteiger partial charge is 0.0394 e. The van der Waals surface area contributed by atoms with Gasteiger partial charge in [-0.3, -0.25) is 16.2 Å². The molecule has 3 nitrogen and oxygen atoms in total. The van der Waals surface area contributed by atoms with E-state index in [1.807, 2.05) is 0 Å². The molecule has 1 aliphatic heterocycles. The van der Waals surface area contributed by atoms with Gasteiger partial charge in [0.1, 0.15) is 0 Å². The van der Waals surface area contributed by atoms with E-state index in [2.05, 4.69) is 24.2 Å². The summed E-state index contributed by atoms with van der Waals surface area (Å²) in [5.74, 6) is 6.74. The van der Waals surface area contributed by atoms with Crippen molar-refractivity contribution >= 4 is 0 Å². The molecule has 0 spiro atoms. The second kappa shape index (κ2) is 5.03. The van der Waals surface area contributed by atoms with Crippen molar-refractivity contribution in [3.63, 3.8) is 0 Å². The molecular weight excluding hydrogens is 198 g/mol. The summed E-state index contributed by atoms with van der Waals surface area (Å²) in [4.78, 5) is 2.65. The Morgan fingerprint density at radius 1 is 1.38 bits per heavy atom. The zero-order chi connectivity index (χ0) is 11.6. The van der Waals surface area contributed by atoms with Crippen molar-refractivity contribution in [2.75, 3.05) is 13.1 Å². The van der Waals surface area contributed by atoms with Gasteiger partial charge in [-0.2, -0.15) is 0 Å². The van der Waals surface area contributed by atoms with Crippen LogP contribution in [0.2, 0.25) is 0 Å². The number of nitrogens with one attached hydrogen (secondary N) is 1. The predicted octanol–water partition coefficient (Wildman–Crippen LogP) is 1.88. The van der Waals surface area contributed by atoms with Gasteiger partial charge < -0.3 is 0 Å². The molecular formula is C13H27N3. The first-order chi connectivity index (χ1) is 7.70. The molecule has 2 aliphatic rings. The van der Waals surface area contributed by atoms with Crippen LogP contribution < -0.4 is 11.3 Å². The molecule has 1 aliphatic carbocycles. The average Bonchev–Trinajstić information content (AvgIpc) is 2.95. The van der Waals surface area contributed by atoms with Crippen LogP contribution in [0, 0.1) is 5.92 Å². The lowest BCUT2D eigenvalue weighted by Crippen LogP contribution is -2.60. The second-order valence-electron chi connectivity index (χ2n) is 5.80. The van der Waals surface area contributed by atoms with Gasteiger partial charge >= 0.3 is 0 Å². The predicted molar refractivity (Wildman–Crippen MR) is 68.0 cm³/mol. The van der Waals surface area contributed by atoms with E-state index in [0.717, 1.165) is 5.92 Å². The number of nitrogens with zero attached hydrogens (tertiary/aromatic N) is 1. The van der Waals surface area contributed by atoms with Gasteiger partial charge in [0.15, 0.2) is 0 Å². The number of hydrogen-bond acceptors (Lipinski definition) is 3. The highest BCUT2D eigenvalue weighted by atomic mass is 15.3. The number of hydrazine groups is 1. The first kappa shape index (κ1) is 12.3. The molecule has 16 heavy (non-hydrogen) atoms. The van der Waals surface area contributed by atoms with E-state index >= 15 is 0 Å². The molecule has 1 heterocycles. The lowest BCUT2D eigenvalue weighted by Gasteiger charge is -2.44. The van der Waals surface area contributed by atoms with Gasteiger partial charge in [0.05, 0.1) is 0 Å². The zero-order valence-electron chi connectivity index (χ0n) is 10.8. The molecule has 2 unspecified atom stereocenters. The van der Waals surface area contributed by atoms with E-state index in [4.69, 9.17) is 5.84 Å². The average molecular weight is 225 g/mol. The fourth-order valence-electron chi connectivity index (χ4n) is 3.11. The Bertz CT molecular complexity index is 221. The Morgan fingerprint density at radius 3 is 2.44 bits per heavy atom. The van der Waals surface area contributed by atoms with Crippen molar-refractivity contribution in [1.29, 1.82) is 0 Å². The fourth-order valence-corrected chi connectivity index (χ4v) is 3.11. The molecule has 0 radical (unpaired) electrons. The second-order valence-corrected chi connectivity index (χ2v) is 5.80. The Labute approximate surface area is 99.7 Å². The third kappa shape index (κ3) is 2.41.